The van der Waals surface area contributed by atoms with E-state index in [4.69, 9.17) is 9.84 Å². The fourth-order valence-electron chi connectivity index (χ4n) is 1.52. The van der Waals surface area contributed by atoms with Gasteiger partial charge in [0.2, 0.25) is 0 Å². The number of aliphatic carboxylic acids is 1. The van der Waals surface area contributed by atoms with Gasteiger partial charge in [0.1, 0.15) is 6.54 Å². The standard InChI is InChI=1S/C11H20N2O4/c1-17-7-6-13(8-10(14)15)11(16)12-5-4-9-2-3-9/h9H,2-8H2,1H3,(H,12,16)(H,14,15). The molecule has 0 bridgehead atoms. The molecule has 0 aromatic rings. The molecule has 17 heavy (non-hydrogen) atoms. The van der Waals surface area contributed by atoms with Crippen LogP contribution in [0.2, 0.25) is 0 Å². The Kier molecular flexibility index (Phi) is 5.76. The predicted octanol–water partition coefficient (Wildman–Crippen LogP) is 0.529. The summed E-state index contributed by atoms with van der Waals surface area (Å²) in [6.07, 6.45) is 3.48. The summed E-state index contributed by atoms with van der Waals surface area (Å²) in [4.78, 5) is 23.5. The van der Waals surface area contributed by atoms with Crippen LogP contribution < -0.4 is 5.32 Å². The van der Waals surface area contributed by atoms with Gasteiger partial charge < -0.3 is 20.1 Å². The van der Waals surface area contributed by atoms with Crippen molar-refractivity contribution in [3.8, 4) is 0 Å². The van der Waals surface area contributed by atoms with E-state index in [1.165, 1.54) is 24.9 Å². The summed E-state index contributed by atoms with van der Waals surface area (Å²) in [7, 11) is 1.52. The highest BCUT2D eigenvalue weighted by Crippen LogP contribution is 2.31. The Hall–Kier alpha value is -1.30. The topological polar surface area (TPSA) is 78.9 Å². The number of nitrogens with one attached hydrogen (secondary N) is 1. The van der Waals surface area contributed by atoms with E-state index in [-0.39, 0.29) is 19.1 Å². The Bertz CT molecular complexity index is 266. The highest BCUT2D eigenvalue weighted by atomic mass is 16.5. The van der Waals surface area contributed by atoms with Gasteiger partial charge in [-0.15, -0.1) is 0 Å². The summed E-state index contributed by atoms with van der Waals surface area (Å²) < 4.78 is 4.84. The van der Waals surface area contributed by atoms with Gasteiger partial charge in [-0.3, -0.25) is 4.79 Å². The minimum absolute atomic E-state index is 0.290. The van der Waals surface area contributed by atoms with Crippen molar-refractivity contribution in [3.05, 3.63) is 0 Å². The number of carboxylic acid groups (broad SMARTS) is 1. The van der Waals surface area contributed by atoms with Crippen molar-refractivity contribution in [1.29, 1.82) is 0 Å². The van der Waals surface area contributed by atoms with Gasteiger partial charge in [-0.25, -0.2) is 4.79 Å². The van der Waals surface area contributed by atoms with Gasteiger partial charge in [0.15, 0.2) is 0 Å². The van der Waals surface area contributed by atoms with Gasteiger partial charge in [0, 0.05) is 20.2 Å². The number of rotatable bonds is 8. The summed E-state index contributed by atoms with van der Waals surface area (Å²) in [5.74, 6) is -0.263. The molecule has 1 saturated carbocycles. The summed E-state index contributed by atoms with van der Waals surface area (Å²) in [6, 6.07) is -0.329. The number of hydrogen-bond donors (Lipinski definition) is 2. The van der Waals surface area contributed by atoms with Crippen molar-refractivity contribution in [3.63, 3.8) is 0 Å². The van der Waals surface area contributed by atoms with Crippen molar-refractivity contribution < 1.29 is 19.4 Å². The summed E-state index contributed by atoms with van der Waals surface area (Å²) in [6.45, 7) is 0.951. The van der Waals surface area contributed by atoms with E-state index >= 15 is 0 Å². The van der Waals surface area contributed by atoms with Crippen LogP contribution in [0.5, 0.6) is 0 Å². The molecule has 0 radical (unpaired) electrons. The van der Waals surface area contributed by atoms with E-state index in [0.29, 0.717) is 13.2 Å². The van der Waals surface area contributed by atoms with Crippen molar-refractivity contribution in [1.82, 2.24) is 10.2 Å². The molecular formula is C11H20N2O4. The number of nitrogens with zero attached hydrogens (tertiary/aromatic N) is 1. The maximum Gasteiger partial charge on any atom is 0.323 e. The van der Waals surface area contributed by atoms with Gasteiger partial charge in [0.05, 0.1) is 6.61 Å². The first-order valence-corrected chi connectivity index (χ1v) is 5.87. The summed E-state index contributed by atoms with van der Waals surface area (Å²) in [5, 5.41) is 11.4. The Morgan fingerprint density at radius 2 is 2.18 bits per heavy atom. The van der Waals surface area contributed by atoms with E-state index in [2.05, 4.69) is 5.32 Å². The lowest BCUT2D eigenvalue weighted by Crippen LogP contribution is -2.44. The largest absolute Gasteiger partial charge is 0.480 e. The molecule has 0 saturated heterocycles. The Morgan fingerprint density at radius 1 is 1.47 bits per heavy atom. The number of carboxylic acids is 1. The number of ether oxygens (including phenoxy) is 1. The molecule has 2 N–H and O–H groups in total. The molecule has 6 nitrogen and oxygen atoms in total. The number of amides is 2. The second-order valence-electron chi connectivity index (χ2n) is 4.27. The number of hydrogen-bond acceptors (Lipinski definition) is 3. The van der Waals surface area contributed by atoms with Crippen LogP contribution in [-0.2, 0) is 9.53 Å². The quantitative estimate of drug-likeness (QED) is 0.652. The monoisotopic (exact) mass is 244 g/mol. The van der Waals surface area contributed by atoms with E-state index in [1.54, 1.807) is 0 Å². The van der Waals surface area contributed by atoms with Crippen LogP contribution in [0.25, 0.3) is 0 Å². The second kappa shape index (κ2) is 7.11. The van der Waals surface area contributed by atoms with Crippen LogP contribution in [0.1, 0.15) is 19.3 Å². The molecule has 1 rings (SSSR count). The third kappa shape index (κ3) is 6.11. The van der Waals surface area contributed by atoms with Crippen molar-refractivity contribution >= 4 is 12.0 Å². The first-order chi connectivity index (χ1) is 8.13. The molecule has 0 aromatic carbocycles. The normalized spacial score (nSPS) is 14.4. The van der Waals surface area contributed by atoms with Crippen molar-refractivity contribution in [2.75, 3.05) is 33.4 Å². The van der Waals surface area contributed by atoms with E-state index in [9.17, 15) is 9.59 Å². The summed E-state index contributed by atoms with van der Waals surface area (Å²) in [5.41, 5.74) is 0. The Morgan fingerprint density at radius 3 is 2.71 bits per heavy atom. The zero-order chi connectivity index (χ0) is 12.7. The lowest BCUT2D eigenvalue weighted by molar-refractivity contribution is -0.137. The lowest BCUT2D eigenvalue weighted by Gasteiger charge is -2.20. The third-order valence-electron chi connectivity index (χ3n) is 2.70. The summed E-state index contributed by atoms with van der Waals surface area (Å²) >= 11 is 0. The molecule has 0 aliphatic heterocycles. The SMILES string of the molecule is COCCN(CC(=O)O)C(=O)NCCC1CC1. The molecule has 6 heteroatoms. The number of urea groups is 1. The Labute approximate surface area is 101 Å². The van der Waals surface area contributed by atoms with Crippen molar-refractivity contribution in [2.45, 2.75) is 19.3 Å². The fourth-order valence-corrected chi connectivity index (χ4v) is 1.52. The number of methoxy groups -OCH3 is 1. The molecule has 1 fully saturated rings. The van der Waals surface area contributed by atoms with Crippen LogP contribution in [0.15, 0.2) is 0 Å². The van der Waals surface area contributed by atoms with Gasteiger partial charge in [-0.1, -0.05) is 12.8 Å². The smallest absolute Gasteiger partial charge is 0.323 e. The van der Waals surface area contributed by atoms with Gasteiger partial charge in [0.25, 0.3) is 0 Å². The first kappa shape index (κ1) is 13.8. The number of carbonyl (C=O) groups is 2. The molecule has 2 amide bonds. The van der Waals surface area contributed by atoms with Crippen LogP contribution in [0, 0.1) is 5.92 Å². The van der Waals surface area contributed by atoms with Crippen LogP contribution >= 0.6 is 0 Å². The molecule has 1 aliphatic carbocycles. The fraction of sp³-hybridized carbons (Fsp3) is 0.818. The molecule has 0 heterocycles. The highest BCUT2D eigenvalue weighted by molar-refractivity contribution is 5.80. The maximum absolute atomic E-state index is 11.7. The van der Waals surface area contributed by atoms with Crippen molar-refractivity contribution in [2.24, 2.45) is 5.92 Å². The van der Waals surface area contributed by atoms with Crippen LogP contribution in [-0.4, -0.2) is 55.4 Å². The van der Waals surface area contributed by atoms with E-state index in [1.807, 2.05) is 0 Å². The molecule has 0 atom stereocenters. The predicted molar refractivity (Wildman–Crippen MR) is 61.8 cm³/mol. The van der Waals surface area contributed by atoms with Crippen LogP contribution in [0.3, 0.4) is 0 Å². The number of carbonyl (C=O) groups excluding carboxylic acids is 1. The van der Waals surface area contributed by atoms with Gasteiger partial charge in [-0.2, -0.15) is 0 Å². The van der Waals surface area contributed by atoms with E-state index in [0.717, 1.165) is 12.3 Å². The average molecular weight is 244 g/mol. The van der Waals surface area contributed by atoms with Gasteiger partial charge in [-0.05, 0) is 12.3 Å². The zero-order valence-corrected chi connectivity index (χ0v) is 10.1. The average Bonchev–Trinajstić information content (AvgIpc) is 3.07. The van der Waals surface area contributed by atoms with E-state index < -0.39 is 5.97 Å². The first-order valence-electron chi connectivity index (χ1n) is 5.87. The zero-order valence-electron chi connectivity index (χ0n) is 10.1. The molecule has 1 aliphatic rings. The highest BCUT2D eigenvalue weighted by Gasteiger charge is 2.21. The molecule has 98 valence electrons. The minimum atomic E-state index is -1.02. The molecule has 0 unspecified atom stereocenters. The maximum atomic E-state index is 11.7. The third-order valence-corrected chi connectivity index (χ3v) is 2.70. The minimum Gasteiger partial charge on any atom is -0.480 e. The molecule has 0 spiro atoms. The molecular weight excluding hydrogens is 224 g/mol. The second-order valence-corrected chi connectivity index (χ2v) is 4.27. The Balaban J connectivity index is 2.25. The molecule has 0 aromatic heterocycles. The van der Waals surface area contributed by atoms with Gasteiger partial charge >= 0.3 is 12.0 Å². The van der Waals surface area contributed by atoms with Crippen LogP contribution in [0.4, 0.5) is 4.79 Å². The lowest BCUT2D eigenvalue weighted by atomic mass is 10.3.